The second kappa shape index (κ2) is 34.0. The van der Waals surface area contributed by atoms with Crippen molar-refractivity contribution in [1.82, 2.24) is 58.6 Å². The fourth-order valence-corrected chi connectivity index (χ4v) is 11.8. The number of fused-ring (bicyclic) bond motifs is 2. The molecule has 0 saturated carbocycles. The number of benzene rings is 6. The molecule has 4 N–H and O–H groups in total. The van der Waals surface area contributed by atoms with Crippen LogP contribution in [0.1, 0.15) is 67.8 Å². The number of hydrogen-bond donors (Lipinski definition) is 4. The topological polar surface area (TPSA) is 285 Å². The Labute approximate surface area is 641 Å². The van der Waals surface area contributed by atoms with Crippen LogP contribution >= 0.6 is 0 Å². The van der Waals surface area contributed by atoms with Gasteiger partial charge in [0.25, 0.3) is 0 Å². The second-order valence-electron chi connectivity index (χ2n) is 24.9. The highest BCUT2D eigenvalue weighted by atomic mass is 19.4. The van der Waals surface area contributed by atoms with Crippen molar-refractivity contribution in [2.75, 3.05) is 21.3 Å². The highest BCUT2D eigenvalue weighted by Crippen LogP contribution is 2.36. The maximum atomic E-state index is 13.8. The Bertz CT molecular complexity index is 6050. The van der Waals surface area contributed by atoms with Gasteiger partial charge in [0, 0.05) is 71.5 Å². The Morgan fingerprint density at radius 1 is 0.377 bits per heavy atom. The van der Waals surface area contributed by atoms with Gasteiger partial charge in [-0.2, -0.15) is 75.1 Å². The van der Waals surface area contributed by atoms with Gasteiger partial charge >= 0.3 is 25.6 Å². The molecule has 34 heteroatoms. The predicted molar refractivity (Wildman–Crippen MR) is 400 cm³/mol. The first-order chi connectivity index (χ1) is 54.2. The van der Waals surface area contributed by atoms with E-state index >= 15 is 0 Å². The van der Waals surface area contributed by atoms with E-state index in [0.29, 0.717) is 114 Å². The molecular weight excluding hydrogens is 1500 g/mol. The number of alkyl halides is 10. The van der Waals surface area contributed by atoms with E-state index in [1.54, 1.807) is 105 Å². The fourth-order valence-electron chi connectivity index (χ4n) is 11.8. The summed E-state index contributed by atoms with van der Waals surface area (Å²) < 4.78 is 168. The van der Waals surface area contributed by atoms with Crippen LogP contribution in [0, 0.1) is 98.5 Å². The highest BCUT2D eigenvalue weighted by Gasteiger charge is 2.31. The molecule has 0 bridgehead atoms. The normalized spacial score (nSPS) is 11.1. The number of pyridine rings is 4. The van der Waals surface area contributed by atoms with E-state index in [1.165, 1.54) is 84.9 Å². The molecule has 114 heavy (non-hydrogen) atoms. The van der Waals surface area contributed by atoms with E-state index in [1.807, 2.05) is 47.9 Å². The van der Waals surface area contributed by atoms with Gasteiger partial charge < -0.3 is 30.7 Å². The lowest BCUT2D eigenvalue weighted by molar-refractivity contribution is -0.138. The molecule has 0 aliphatic heterocycles. The first kappa shape index (κ1) is 80.2. The van der Waals surface area contributed by atoms with Gasteiger partial charge in [-0.15, -0.1) is 0 Å². The first-order valence-corrected chi connectivity index (χ1v) is 33.8. The molecular formula is C80H60F12N20O2. The Morgan fingerprint density at radius 3 is 0.956 bits per heavy atom. The number of nitrogens with one attached hydrogen (secondary N) is 4. The molecule has 22 nitrogen and oxygen atoms in total. The largest absolute Gasteiger partial charge is 0.435 e. The zero-order valence-electron chi connectivity index (χ0n) is 61.0. The molecule has 0 aliphatic rings. The van der Waals surface area contributed by atoms with Crippen LogP contribution in [0.25, 0.3) is 56.2 Å². The zero-order chi connectivity index (χ0) is 82.0. The quantitative estimate of drug-likeness (QED) is 0.0654. The third-order valence-corrected chi connectivity index (χ3v) is 17.0. The Kier molecular flexibility index (Phi) is 23.9. The lowest BCUT2D eigenvalue weighted by Crippen LogP contribution is -2.05. The monoisotopic (exact) mass is 1560 g/mol. The van der Waals surface area contributed by atoms with Gasteiger partial charge in [0.1, 0.15) is 69.7 Å². The molecule has 0 spiro atoms. The molecule has 0 radical (unpaired) electrons. The van der Waals surface area contributed by atoms with Gasteiger partial charge in [-0.25, -0.2) is 38.7 Å². The highest BCUT2D eigenvalue weighted by molar-refractivity contribution is 5.80. The van der Waals surface area contributed by atoms with Gasteiger partial charge in [-0.3, -0.25) is 18.5 Å². The summed E-state index contributed by atoms with van der Waals surface area (Å²) in [4.78, 5) is 26.9. The molecule has 8 heterocycles. The van der Waals surface area contributed by atoms with Crippen molar-refractivity contribution >= 4 is 68.1 Å². The maximum absolute atomic E-state index is 13.8. The van der Waals surface area contributed by atoms with Crippen molar-refractivity contribution in [3.63, 3.8) is 0 Å². The molecule has 0 atom stereocenters. The predicted octanol–water partition coefficient (Wildman–Crippen LogP) is 19.6. The van der Waals surface area contributed by atoms with Crippen molar-refractivity contribution < 1.29 is 62.2 Å². The number of nitrogens with zero attached hydrogens (tertiary/aromatic N) is 16. The molecule has 14 aromatic rings. The number of aromatic nitrogens is 12. The molecule has 0 saturated heterocycles. The SMILES string of the molecule is Cc1nc2ccc(F)cc2n1-c1cc(C#N)cc(Nc2ccc(C(F)(F)F)cc2)n1.Cc1nc2ccc(F)cc2n1-c1cc(C#N)cc(Nc2ccc(OC(F)F)cc2)n1.Cc1nn(C)c(C)c1-c1cc(C#N)cc(Nc2ccc(C(F)(F)F)cc2)n1.Cc1nn(C)c(C)c1-c1cc(C#N)cc(Nc2ccc(OC(F)F)cc2)n1. The first-order valence-electron chi connectivity index (χ1n) is 33.8. The van der Waals surface area contributed by atoms with Crippen molar-refractivity contribution in [1.29, 1.82) is 21.0 Å². The molecule has 576 valence electrons. The lowest BCUT2D eigenvalue weighted by atomic mass is 10.1. The van der Waals surface area contributed by atoms with Crippen LogP contribution in [-0.4, -0.2) is 71.8 Å². The Morgan fingerprint density at radius 2 is 0.675 bits per heavy atom. The minimum Gasteiger partial charge on any atom is -0.435 e. The minimum absolute atomic E-state index is 0.0255. The van der Waals surface area contributed by atoms with Crippen molar-refractivity contribution in [3.05, 3.63) is 261 Å². The number of halogens is 12. The second-order valence-corrected chi connectivity index (χ2v) is 24.9. The molecule has 0 aliphatic carbocycles. The van der Waals surface area contributed by atoms with Crippen molar-refractivity contribution in [2.24, 2.45) is 14.1 Å². The van der Waals surface area contributed by atoms with E-state index in [0.717, 1.165) is 58.2 Å². The van der Waals surface area contributed by atoms with Crippen LogP contribution in [0.15, 0.2) is 182 Å². The summed E-state index contributed by atoms with van der Waals surface area (Å²) in [7, 11) is 3.67. The van der Waals surface area contributed by atoms with Gasteiger partial charge in [0.15, 0.2) is 0 Å². The lowest BCUT2D eigenvalue weighted by Gasteiger charge is -2.12. The van der Waals surface area contributed by atoms with E-state index in [4.69, 9.17) is 0 Å². The molecule has 0 unspecified atom stereocenters. The average Bonchev–Trinajstić information content (AvgIpc) is 1.63. The summed E-state index contributed by atoms with van der Waals surface area (Å²) in [6.07, 6.45) is -8.82. The summed E-state index contributed by atoms with van der Waals surface area (Å²) >= 11 is 0. The summed E-state index contributed by atoms with van der Waals surface area (Å²) in [5.74, 6) is 2.51. The van der Waals surface area contributed by atoms with Crippen molar-refractivity contribution in [3.8, 4) is 69.9 Å². The summed E-state index contributed by atoms with van der Waals surface area (Å²) in [5.41, 5.74) is 10.4. The molecule has 6 aromatic carbocycles. The van der Waals surface area contributed by atoms with Crippen LogP contribution in [0.4, 0.5) is 98.7 Å². The van der Waals surface area contributed by atoms with E-state index in [2.05, 4.69) is 89.0 Å². The number of imidazole rings is 2. The van der Waals surface area contributed by atoms with Crippen LogP contribution in [0.5, 0.6) is 11.5 Å². The fraction of sp³-hybridized carbons (Fsp3) is 0.150. The third kappa shape index (κ3) is 19.4. The summed E-state index contributed by atoms with van der Waals surface area (Å²) in [6, 6.07) is 50.4. The summed E-state index contributed by atoms with van der Waals surface area (Å²) in [5, 5.41) is 58.2. The van der Waals surface area contributed by atoms with Crippen LogP contribution in [0.2, 0.25) is 0 Å². The number of anilines is 8. The number of hydrogen-bond acceptors (Lipinski definition) is 18. The number of nitriles is 4. The number of aryl methyl sites for hydroxylation is 6. The number of ether oxygens (including phenoxy) is 2. The van der Waals surface area contributed by atoms with E-state index < -0.39 is 48.3 Å². The standard InChI is InChI=1S/C21H13F4N5.C21H14F3N5O.C19H16F3N5.C19H17F2N5O/c1-12-27-17-7-4-15(22)10-18(17)30(12)20-9-13(11-26)8-19(29-20)28-16-5-2-14(3-6-16)21(23,24)25;1-12-26-17-7-2-14(22)10-18(17)29(12)20-9-13(11-25)8-19(28-20)27-15-3-5-16(6-4-15)30-21(23)24;1-11-18(12(2)27(3)26-11)16-8-13(10-23)9-17(25-16)24-15-6-4-14(5-7-15)19(20,21)22;1-11-18(12(2)26(3)25-11)16-8-13(10-22)9-17(24-16)23-14-4-6-15(7-5-14)27-19(20)21/h2-10H,1H3,(H,28,29);2-10,21H,1H3,(H,27,28);4-9H,1-3H3,(H,24,25);4-9,19H,1-3H3,(H,23,24). The maximum Gasteiger partial charge on any atom is 0.416 e. The minimum atomic E-state index is -4.43. The third-order valence-electron chi connectivity index (χ3n) is 17.0. The van der Waals surface area contributed by atoms with E-state index in [-0.39, 0.29) is 22.9 Å². The van der Waals surface area contributed by atoms with Gasteiger partial charge in [-0.1, -0.05) is 0 Å². The Balaban J connectivity index is 0.000000150. The average molecular weight is 1560 g/mol. The summed E-state index contributed by atoms with van der Waals surface area (Å²) in [6.45, 7) is 5.29. The molecule has 14 rings (SSSR count). The molecule has 8 aromatic heterocycles. The van der Waals surface area contributed by atoms with E-state index in [9.17, 15) is 73.7 Å². The number of rotatable bonds is 16. The van der Waals surface area contributed by atoms with Crippen LogP contribution < -0.4 is 30.7 Å². The van der Waals surface area contributed by atoms with Crippen LogP contribution in [0.3, 0.4) is 0 Å². The van der Waals surface area contributed by atoms with Crippen molar-refractivity contribution in [2.45, 2.75) is 67.1 Å². The molecule has 0 fully saturated rings. The molecule has 0 amide bonds. The smallest absolute Gasteiger partial charge is 0.416 e. The van der Waals surface area contributed by atoms with Gasteiger partial charge in [0.2, 0.25) is 0 Å². The van der Waals surface area contributed by atoms with Crippen LogP contribution in [-0.2, 0) is 26.4 Å². The van der Waals surface area contributed by atoms with Gasteiger partial charge in [-0.05, 0) is 211 Å². The Hall–Kier alpha value is -14.8. The van der Waals surface area contributed by atoms with Gasteiger partial charge in [0.05, 0.1) is 103 Å². The zero-order valence-corrected chi connectivity index (χ0v) is 61.0.